The Morgan fingerprint density at radius 1 is 1.60 bits per heavy atom. The molecule has 0 fully saturated rings. The zero-order valence-electron chi connectivity index (χ0n) is 10.5. The molecule has 20 heavy (non-hydrogen) atoms. The lowest BCUT2D eigenvalue weighted by molar-refractivity contribution is -0.148. The second-order valence-electron chi connectivity index (χ2n) is 3.83. The Labute approximate surface area is 118 Å². The third-order valence-corrected chi connectivity index (χ3v) is 3.40. The highest BCUT2D eigenvalue weighted by molar-refractivity contribution is 7.13. The number of carbonyl (C=O) groups is 2. The molecule has 0 aliphatic carbocycles. The zero-order chi connectivity index (χ0) is 14.5. The Kier molecular flexibility index (Phi) is 4.49. The average molecular weight is 296 g/mol. The van der Waals surface area contributed by atoms with E-state index in [1.807, 2.05) is 17.5 Å². The van der Waals surface area contributed by atoms with Crippen molar-refractivity contribution in [2.75, 3.05) is 13.7 Å². The van der Waals surface area contributed by atoms with Gasteiger partial charge in [-0.1, -0.05) is 11.2 Å². The molecule has 2 aromatic heterocycles. The Morgan fingerprint density at radius 2 is 2.40 bits per heavy atom. The van der Waals surface area contributed by atoms with E-state index in [1.54, 1.807) is 0 Å². The molecule has 0 aliphatic heterocycles. The summed E-state index contributed by atoms with van der Waals surface area (Å²) in [5, 5.41) is 16.7. The summed E-state index contributed by atoms with van der Waals surface area (Å²) in [6.45, 7) is -0.147. The summed E-state index contributed by atoms with van der Waals surface area (Å²) < 4.78 is 9.77. The molecule has 7 nitrogen and oxygen atoms in total. The maximum absolute atomic E-state index is 11.8. The summed E-state index contributed by atoms with van der Waals surface area (Å²) >= 11 is 1.46. The van der Waals surface area contributed by atoms with Gasteiger partial charge in [-0.3, -0.25) is 4.79 Å². The number of ether oxygens (including phenoxy) is 1. The Bertz CT molecular complexity index is 593. The molecule has 8 heteroatoms. The van der Waals surface area contributed by atoms with Gasteiger partial charge >= 0.3 is 5.97 Å². The second-order valence-corrected chi connectivity index (χ2v) is 4.77. The topological polar surface area (TPSA) is 102 Å². The molecule has 0 radical (unpaired) electrons. The Hall–Kier alpha value is -2.19. The molecule has 0 aliphatic rings. The van der Waals surface area contributed by atoms with Crippen molar-refractivity contribution in [1.82, 2.24) is 10.5 Å². The minimum absolute atomic E-state index is 0.0913. The first kappa shape index (κ1) is 14.2. The first-order valence-electron chi connectivity index (χ1n) is 5.66. The molecule has 106 valence electrons. The van der Waals surface area contributed by atoms with Gasteiger partial charge in [0.05, 0.1) is 11.4 Å². The number of methoxy groups -OCH3 is 1. The van der Waals surface area contributed by atoms with E-state index in [0.29, 0.717) is 5.76 Å². The smallest absolute Gasteiger partial charge is 0.334 e. The van der Waals surface area contributed by atoms with Crippen molar-refractivity contribution >= 4 is 23.2 Å². The van der Waals surface area contributed by atoms with Crippen LogP contribution in [0, 0.1) is 0 Å². The van der Waals surface area contributed by atoms with Crippen LogP contribution < -0.4 is 5.32 Å². The van der Waals surface area contributed by atoms with E-state index in [0.717, 1.165) is 4.88 Å². The van der Waals surface area contributed by atoms with Crippen LogP contribution in [0.3, 0.4) is 0 Å². The van der Waals surface area contributed by atoms with Gasteiger partial charge in [-0.25, -0.2) is 4.79 Å². The number of thiophene rings is 1. The number of carboxylic acids is 1. The van der Waals surface area contributed by atoms with Gasteiger partial charge in [0.1, 0.15) is 0 Å². The van der Waals surface area contributed by atoms with Crippen LogP contribution in [0.1, 0.15) is 10.5 Å². The number of amides is 1. The molecular formula is C12H12N2O5S. The van der Waals surface area contributed by atoms with Gasteiger partial charge < -0.3 is 19.7 Å². The fraction of sp³-hybridized carbons (Fsp3) is 0.250. The van der Waals surface area contributed by atoms with Gasteiger partial charge in [0.2, 0.25) is 0 Å². The molecule has 0 saturated carbocycles. The summed E-state index contributed by atoms with van der Waals surface area (Å²) in [7, 11) is 1.26. The maximum atomic E-state index is 11.8. The van der Waals surface area contributed by atoms with Crippen molar-refractivity contribution < 1.29 is 24.0 Å². The number of nitrogens with zero attached hydrogens (tertiary/aromatic N) is 1. The van der Waals surface area contributed by atoms with E-state index < -0.39 is 18.0 Å². The molecule has 1 unspecified atom stereocenters. The van der Waals surface area contributed by atoms with Crippen LogP contribution in [0.25, 0.3) is 10.6 Å². The van der Waals surface area contributed by atoms with Crippen LogP contribution >= 0.6 is 11.3 Å². The Balaban J connectivity index is 1.98. The van der Waals surface area contributed by atoms with E-state index in [1.165, 1.54) is 24.5 Å². The largest absolute Gasteiger partial charge is 0.479 e. The highest BCUT2D eigenvalue weighted by Gasteiger charge is 2.19. The lowest BCUT2D eigenvalue weighted by Gasteiger charge is -2.10. The zero-order valence-corrected chi connectivity index (χ0v) is 11.3. The van der Waals surface area contributed by atoms with Crippen molar-refractivity contribution in [3.63, 3.8) is 0 Å². The predicted octanol–water partition coefficient (Wildman–Crippen LogP) is 1.23. The van der Waals surface area contributed by atoms with E-state index in [4.69, 9.17) is 14.4 Å². The van der Waals surface area contributed by atoms with Crippen LogP contribution in [-0.4, -0.2) is 41.9 Å². The van der Waals surface area contributed by atoms with Gasteiger partial charge in [0.25, 0.3) is 5.91 Å². The van der Waals surface area contributed by atoms with Gasteiger partial charge in [-0.15, -0.1) is 11.3 Å². The molecule has 0 aromatic carbocycles. The second kappa shape index (κ2) is 6.31. The first-order valence-corrected chi connectivity index (χ1v) is 6.54. The average Bonchev–Trinajstić information content (AvgIpc) is 3.09. The molecule has 0 spiro atoms. The van der Waals surface area contributed by atoms with E-state index in [9.17, 15) is 9.59 Å². The van der Waals surface area contributed by atoms with Crippen LogP contribution in [0.2, 0.25) is 0 Å². The molecule has 2 rings (SSSR count). The van der Waals surface area contributed by atoms with Crippen molar-refractivity contribution in [1.29, 1.82) is 0 Å². The molecule has 0 saturated heterocycles. The molecule has 2 aromatic rings. The normalized spacial score (nSPS) is 12.1. The fourth-order valence-corrected chi connectivity index (χ4v) is 2.14. The van der Waals surface area contributed by atoms with Gasteiger partial charge in [-0.2, -0.15) is 0 Å². The number of nitrogens with one attached hydrogen (secondary N) is 1. The molecular weight excluding hydrogens is 284 g/mol. The summed E-state index contributed by atoms with van der Waals surface area (Å²) in [5.74, 6) is -1.17. The van der Waals surface area contributed by atoms with Crippen molar-refractivity contribution in [3.8, 4) is 10.6 Å². The predicted molar refractivity (Wildman–Crippen MR) is 70.6 cm³/mol. The summed E-state index contributed by atoms with van der Waals surface area (Å²) in [6.07, 6.45) is -1.09. The number of rotatable bonds is 6. The summed E-state index contributed by atoms with van der Waals surface area (Å²) in [6, 6.07) is 5.21. The standard InChI is InChI=1S/C12H12N2O5S/c1-18-9(12(16)17)6-13-11(15)7-5-8(19-14-7)10-3-2-4-20-10/h2-5,9H,6H2,1H3,(H,13,15)(H,16,17). The monoisotopic (exact) mass is 296 g/mol. The minimum atomic E-state index is -1.15. The van der Waals surface area contributed by atoms with Gasteiger partial charge in [-0.05, 0) is 11.4 Å². The van der Waals surface area contributed by atoms with Gasteiger partial charge in [0.15, 0.2) is 17.6 Å². The van der Waals surface area contributed by atoms with Crippen molar-refractivity contribution in [2.45, 2.75) is 6.10 Å². The van der Waals surface area contributed by atoms with E-state index in [2.05, 4.69) is 10.5 Å². The first-order chi connectivity index (χ1) is 9.61. The molecule has 2 N–H and O–H groups in total. The lowest BCUT2D eigenvalue weighted by atomic mass is 10.3. The number of aromatic nitrogens is 1. The number of hydrogen-bond acceptors (Lipinski definition) is 6. The number of carboxylic acid groups (broad SMARTS) is 1. The van der Waals surface area contributed by atoms with E-state index in [-0.39, 0.29) is 12.2 Å². The van der Waals surface area contributed by atoms with Crippen LogP contribution in [0.15, 0.2) is 28.1 Å². The summed E-state index contributed by atoms with van der Waals surface area (Å²) in [5.41, 5.74) is 0.0913. The lowest BCUT2D eigenvalue weighted by Crippen LogP contribution is -2.37. The van der Waals surface area contributed by atoms with E-state index >= 15 is 0 Å². The molecule has 1 amide bonds. The number of carbonyl (C=O) groups excluding carboxylic acids is 1. The van der Waals surface area contributed by atoms with Gasteiger partial charge in [0, 0.05) is 13.2 Å². The highest BCUT2D eigenvalue weighted by atomic mass is 32.1. The summed E-state index contributed by atoms with van der Waals surface area (Å²) in [4.78, 5) is 23.4. The molecule has 1 atom stereocenters. The SMILES string of the molecule is COC(CNC(=O)c1cc(-c2cccs2)on1)C(=O)O. The number of aliphatic carboxylic acids is 1. The minimum Gasteiger partial charge on any atom is -0.479 e. The number of hydrogen-bond donors (Lipinski definition) is 2. The van der Waals surface area contributed by atoms with Crippen molar-refractivity contribution in [2.24, 2.45) is 0 Å². The molecule has 0 bridgehead atoms. The molecule has 2 heterocycles. The fourth-order valence-electron chi connectivity index (χ4n) is 1.46. The third kappa shape index (κ3) is 3.22. The highest BCUT2D eigenvalue weighted by Crippen LogP contribution is 2.24. The van der Waals surface area contributed by atoms with Crippen LogP contribution in [0.4, 0.5) is 0 Å². The van der Waals surface area contributed by atoms with Crippen LogP contribution in [-0.2, 0) is 9.53 Å². The van der Waals surface area contributed by atoms with Crippen molar-refractivity contribution in [3.05, 3.63) is 29.3 Å². The van der Waals surface area contributed by atoms with Crippen LogP contribution in [0.5, 0.6) is 0 Å². The Morgan fingerprint density at radius 3 is 3.00 bits per heavy atom. The maximum Gasteiger partial charge on any atom is 0.334 e. The third-order valence-electron chi connectivity index (χ3n) is 2.51. The quantitative estimate of drug-likeness (QED) is 0.831.